The molecule has 4 heteroatoms. The molecule has 0 bridgehead atoms. The lowest BCUT2D eigenvalue weighted by Gasteiger charge is -2.31. The number of hydrogen-bond donors (Lipinski definition) is 0. The van der Waals surface area contributed by atoms with Crippen LogP contribution in [-0.4, -0.2) is 31.0 Å². The quantitative estimate of drug-likeness (QED) is 0.823. The number of carbonyl (C=O) groups excluding carboxylic acids is 1. The number of benzene rings is 1. The minimum Gasteiger partial charge on any atom is -0.495 e. The number of halogens is 1. The summed E-state index contributed by atoms with van der Waals surface area (Å²) in [5.74, 6) is 1.24. The summed E-state index contributed by atoms with van der Waals surface area (Å²) in [6.45, 7) is 3.86. The molecule has 1 atom stereocenters. The van der Waals surface area contributed by atoms with Gasteiger partial charge in [0.05, 0.1) is 12.1 Å². The molecule has 0 aliphatic carbocycles. The fourth-order valence-electron chi connectivity index (χ4n) is 2.36. The predicted molar refractivity (Wildman–Crippen MR) is 72.3 cm³/mol. The lowest BCUT2D eigenvalue weighted by molar-refractivity contribution is 0.0683. The van der Waals surface area contributed by atoms with E-state index in [9.17, 15) is 4.79 Å². The van der Waals surface area contributed by atoms with Crippen molar-refractivity contribution in [2.45, 2.75) is 19.8 Å². The smallest absolute Gasteiger partial charge is 0.253 e. The molecule has 1 heterocycles. The highest BCUT2D eigenvalue weighted by Gasteiger charge is 2.22. The molecule has 0 N–H and O–H groups in total. The lowest BCUT2D eigenvalue weighted by atomic mass is 9.99. The molecule has 0 radical (unpaired) electrons. The summed E-state index contributed by atoms with van der Waals surface area (Å²) < 4.78 is 5.09. The van der Waals surface area contributed by atoms with E-state index < -0.39 is 0 Å². The SMILES string of the molecule is COc1ccc(C(=O)N2CCC[C@@H](C)C2)cc1Cl. The first-order chi connectivity index (χ1) is 8.61. The zero-order valence-electron chi connectivity index (χ0n) is 10.8. The average Bonchev–Trinajstić information content (AvgIpc) is 2.37. The van der Waals surface area contributed by atoms with Crippen LogP contribution in [0.1, 0.15) is 30.1 Å². The molecule has 1 saturated heterocycles. The molecule has 98 valence electrons. The van der Waals surface area contributed by atoms with Crippen molar-refractivity contribution in [1.29, 1.82) is 0 Å². The molecule has 1 aromatic carbocycles. The number of carbonyl (C=O) groups is 1. The summed E-state index contributed by atoms with van der Waals surface area (Å²) in [6.07, 6.45) is 2.28. The predicted octanol–water partition coefficient (Wildman–Crippen LogP) is 3.22. The van der Waals surface area contributed by atoms with Crippen molar-refractivity contribution >= 4 is 17.5 Å². The first kappa shape index (κ1) is 13.2. The van der Waals surface area contributed by atoms with Gasteiger partial charge in [-0.15, -0.1) is 0 Å². The van der Waals surface area contributed by atoms with Crippen molar-refractivity contribution in [2.75, 3.05) is 20.2 Å². The molecule has 2 rings (SSSR count). The number of methoxy groups -OCH3 is 1. The molecule has 1 aliphatic heterocycles. The Labute approximate surface area is 113 Å². The molecule has 0 saturated carbocycles. The third-order valence-corrected chi connectivity index (χ3v) is 3.64. The van der Waals surface area contributed by atoms with Gasteiger partial charge in [0.2, 0.25) is 0 Å². The Hall–Kier alpha value is -1.22. The minimum absolute atomic E-state index is 0.0612. The second-order valence-electron chi connectivity index (χ2n) is 4.85. The number of likely N-dealkylation sites (tertiary alicyclic amines) is 1. The number of nitrogens with zero attached hydrogens (tertiary/aromatic N) is 1. The number of piperidine rings is 1. The van der Waals surface area contributed by atoms with E-state index in [-0.39, 0.29) is 5.91 Å². The molecular formula is C14H18ClNO2. The largest absolute Gasteiger partial charge is 0.495 e. The highest BCUT2D eigenvalue weighted by Crippen LogP contribution is 2.26. The third kappa shape index (κ3) is 2.78. The van der Waals surface area contributed by atoms with Crippen molar-refractivity contribution < 1.29 is 9.53 Å². The van der Waals surface area contributed by atoms with Crippen LogP contribution in [0.3, 0.4) is 0 Å². The van der Waals surface area contributed by atoms with Crippen molar-refractivity contribution in [2.24, 2.45) is 5.92 Å². The van der Waals surface area contributed by atoms with E-state index >= 15 is 0 Å². The second-order valence-corrected chi connectivity index (χ2v) is 5.26. The Morgan fingerprint density at radius 1 is 1.50 bits per heavy atom. The standard InChI is InChI=1S/C14H18ClNO2/c1-10-4-3-7-16(9-10)14(17)11-5-6-13(18-2)12(15)8-11/h5-6,8,10H,3-4,7,9H2,1-2H3/t10-/m1/s1. The molecule has 1 fully saturated rings. The van der Waals surface area contributed by atoms with E-state index in [1.54, 1.807) is 25.3 Å². The van der Waals surface area contributed by atoms with Crippen LogP contribution >= 0.6 is 11.6 Å². The maximum absolute atomic E-state index is 12.3. The molecule has 1 aromatic rings. The van der Waals surface area contributed by atoms with Crippen LogP contribution in [0.4, 0.5) is 0 Å². The van der Waals surface area contributed by atoms with Crippen molar-refractivity contribution in [3.63, 3.8) is 0 Å². The Morgan fingerprint density at radius 2 is 2.28 bits per heavy atom. The molecule has 0 unspecified atom stereocenters. The second kappa shape index (κ2) is 5.61. The summed E-state index contributed by atoms with van der Waals surface area (Å²) in [4.78, 5) is 14.2. The Kier molecular flexibility index (Phi) is 4.12. The van der Waals surface area contributed by atoms with Crippen molar-refractivity contribution in [3.05, 3.63) is 28.8 Å². The number of ether oxygens (including phenoxy) is 1. The maximum atomic E-state index is 12.3. The van der Waals surface area contributed by atoms with Crippen molar-refractivity contribution in [3.8, 4) is 5.75 Å². The fraction of sp³-hybridized carbons (Fsp3) is 0.500. The minimum atomic E-state index is 0.0612. The topological polar surface area (TPSA) is 29.5 Å². The van der Waals surface area contributed by atoms with Crippen LogP contribution in [-0.2, 0) is 0 Å². The van der Waals surface area contributed by atoms with Gasteiger partial charge < -0.3 is 9.64 Å². The summed E-state index contributed by atoms with van der Waals surface area (Å²) in [5, 5.41) is 0.480. The normalized spacial score (nSPS) is 19.7. The Morgan fingerprint density at radius 3 is 2.89 bits per heavy atom. The Balaban J connectivity index is 2.15. The van der Waals surface area contributed by atoms with Gasteiger partial charge in [-0.3, -0.25) is 4.79 Å². The summed E-state index contributed by atoms with van der Waals surface area (Å²) >= 11 is 6.05. The number of rotatable bonds is 2. The van der Waals surface area contributed by atoms with E-state index in [0.29, 0.717) is 22.3 Å². The number of amides is 1. The van der Waals surface area contributed by atoms with E-state index in [4.69, 9.17) is 16.3 Å². The van der Waals surface area contributed by atoms with Gasteiger partial charge in [0.15, 0.2) is 0 Å². The molecule has 1 amide bonds. The molecule has 0 aromatic heterocycles. The summed E-state index contributed by atoms with van der Waals surface area (Å²) in [7, 11) is 1.56. The maximum Gasteiger partial charge on any atom is 0.253 e. The van der Waals surface area contributed by atoms with Crippen LogP contribution in [0.15, 0.2) is 18.2 Å². The first-order valence-corrected chi connectivity index (χ1v) is 6.62. The van der Waals surface area contributed by atoms with Gasteiger partial charge in [-0.1, -0.05) is 18.5 Å². The van der Waals surface area contributed by atoms with E-state index in [1.807, 2.05) is 4.90 Å². The Bertz CT molecular complexity index is 447. The molecule has 0 spiro atoms. The van der Waals surface area contributed by atoms with Crippen LogP contribution in [0.5, 0.6) is 5.75 Å². The first-order valence-electron chi connectivity index (χ1n) is 6.24. The van der Waals surface area contributed by atoms with Crippen LogP contribution in [0.2, 0.25) is 5.02 Å². The third-order valence-electron chi connectivity index (χ3n) is 3.34. The van der Waals surface area contributed by atoms with Gasteiger partial charge in [0.25, 0.3) is 5.91 Å². The fourth-order valence-corrected chi connectivity index (χ4v) is 2.61. The number of hydrogen-bond acceptors (Lipinski definition) is 2. The van der Waals surface area contributed by atoms with Crippen LogP contribution < -0.4 is 4.74 Å². The molecule has 3 nitrogen and oxygen atoms in total. The monoisotopic (exact) mass is 267 g/mol. The van der Waals surface area contributed by atoms with Gasteiger partial charge in [-0.2, -0.15) is 0 Å². The van der Waals surface area contributed by atoms with E-state index in [0.717, 1.165) is 19.5 Å². The highest BCUT2D eigenvalue weighted by atomic mass is 35.5. The molecular weight excluding hydrogens is 250 g/mol. The summed E-state index contributed by atoms with van der Waals surface area (Å²) in [6, 6.07) is 5.19. The lowest BCUT2D eigenvalue weighted by Crippen LogP contribution is -2.39. The average molecular weight is 268 g/mol. The van der Waals surface area contributed by atoms with Crippen LogP contribution in [0, 0.1) is 5.92 Å². The zero-order chi connectivity index (χ0) is 13.1. The molecule has 18 heavy (non-hydrogen) atoms. The van der Waals surface area contributed by atoms with E-state index in [2.05, 4.69) is 6.92 Å². The van der Waals surface area contributed by atoms with E-state index in [1.165, 1.54) is 6.42 Å². The zero-order valence-corrected chi connectivity index (χ0v) is 11.5. The summed E-state index contributed by atoms with van der Waals surface area (Å²) in [5.41, 5.74) is 0.634. The van der Waals surface area contributed by atoms with Gasteiger partial charge in [0, 0.05) is 18.7 Å². The highest BCUT2D eigenvalue weighted by molar-refractivity contribution is 6.32. The van der Waals surface area contributed by atoms with Gasteiger partial charge in [-0.05, 0) is 37.0 Å². The van der Waals surface area contributed by atoms with Crippen LogP contribution in [0.25, 0.3) is 0 Å². The molecule has 1 aliphatic rings. The van der Waals surface area contributed by atoms with Crippen molar-refractivity contribution in [1.82, 2.24) is 4.90 Å². The van der Waals surface area contributed by atoms with Gasteiger partial charge in [-0.25, -0.2) is 0 Å². The van der Waals surface area contributed by atoms with Gasteiger partial charge >= 0.3 is 0 Å². The van der Waals surface area contributed by atoms with Gasteiger partial charge in [0.1, 0.15) is 5.75 Å².